The van der Waals surface area contributed by atoms with Crippen molar-refractivity contribution in [2.24, 2.45) is 0 Å². The van der Waals surface area contributed by atoms with Crippen molar-refractivity contribution in [1.29, 1.82) is 0 Å². The fourth-order valence-corrected chi connectivity index (χ4v) is 2.24. The van der Waals surface area contributed by atoms with Crippen molar-refractivity contribution in [2.75, 3.05) is 25.7 Å². The first-order valence-electron chi connectivity index (χ1n) is 6.90. The van der Waals surface area contributed by atoms with Crippen LogP contribution in [0.15, 0.2) is 28.8 Å². The van der Waals surface area contributed by atoms with Gasteiger partial charge < -0.3 is 19.3 Å². The number of ether oxygens (including phenoxy) is 2. The van der Waals surface area contributed by atoms with Gasteiger partial charge in [-0.15, -0.1) is 0 Å². The summed E-state index contributed by atoms with van der Waals surface area (Å²) >= 11 is 0. The molecule has 0 radical (unpaired) electrons. The second-order valence-corrected chi connectivity index (χ2v) is 5.22. The zero-order valence-corrected chi connectivity index (χ0v) is 12.5. The zero-order chi connectivity index (χ0) is 15.5. The molecule has 2 aromatic rings. The maximum Gasteiger partial charge on any atom is 0.238 e. The van der Waals surface area contributed by atoms with Gasteiger partial charge in [0.1, 0.15) is 5.76 Å². The minimum Gasteiger partial charge on any atom is -0.454 e. The van der Waals surface area contributed by atoms with E-state index in [0.29, 0.717) is 23.7 Å². The van der Waals surface area contributed by atoms with Crippen LogP contribution in [0.4, 0.5) is 5.69 Å². The number of hydrogen-bond donors (Lipinski definition) is 1. The molecule has 1 aliphatic rings. The third-order valence-electron chi connectivity index (χ3n) is 3.18. The number of aromatic nitrogens is 1. The lowest BCUT2D eigenvalue weighted by atomic mass is 10.2. The van der Waals surface area contributed by atoms with E-state index in [2.05, 4.69) is 10.5 Å². The number of fused-ring (bicyclic) bond motifs is 1. The van der Waals surface area contributed by atoms with E-state index in [1.165, 1.54) is 0 Å². The smallest absolute Gasteiger partial charge is 0.238 e. The average Bonchev–Trinajstić information content (AvgIpc) is 3.06. The molecule has 2 heterocycles. The van der Waals surface area contributed by atoms with Crippen molar-refractivity contribution < 1.29 is 18.8 Å². The van der Waals surface area contributed by atoms with Gasteiger partial charge in [-0.25, -0.2) is 0 Å². The van der Waals surface area contributed by atoms with Crippen LogP contribution in [0.3, 0.4) is 0 Å². The number of aryl methyl sites for hydroxylation is 1. The highest BCUT2D eigenvalue weighted by atomic mass is 16.7. The van der Waals surface area contributed by atoms with E-state index in [1.807, 2.05) is 24.9 Å². The van der Waals surface area contributed by atoms with Gasteiger partial charge in [0, 0.05) is 24.4 Å². The van der Waals surface area contributed by atoms with Gasteiger partial charge in [-0.3, -0.25) is 9.69 Å². The maximum atomic E-state index is 12.0. The summed E-state index contributed by atoms with van der Waals surface area (Å²) in [5.41, 5.74) is 1.48. The van der Waals surface area contributed by atoms with Crippen molar-refractivity contribution in [2.45, 2.75) is 13.5 Å². The van der Waals surface area contributed by atoms with Crippen LogP contribution in [0.5, 0.6) is 11.5 Å². The van der Waals surface area contributed by atoms with E-state index < -0.39 is 0 Å². The fourth-order valence-electron chi connectivity index (χ4n) is 2.24. The molecule has 3 rings (SSSR count). The number of amides is 1. The number of carbonyl (C=O) groups excluding carboxylic acids is 1. The molecule has 0 atom stereocenters. The summed E-state index contributed by atoms with van der Waals surface area (Å²) in [6, 6.07) is 7.17. The molecule has 0 unspecified atom stereocenters. The van der Waals surface area contributed by atoms with Gasteiger partial charge in [0.15, 0.2) is 11.5 Å². The van der Waals surface area contributed by atoms with E-state index in [-0.39, 0.29) is 19.2 Å². The van der Waals surface area contributed by atoms with E-state index in [9.17, 15) is 4.79 Å². The Labute approximate surface area is 127 Å². The summed E-state index contributed by atoms with van der Waals surface area (Å²) in [6.07, 6.45) is 0. The van der Waals surface area contributed by atoms with Gasteiger partial charge in [-0.1, -0.05) is 5.16 Å². The predicted octanol–water partition coefficient (Wildman–Crippen LogP) is 1.78. The summed E-state index contributed by atoms with van der Waals surface area (Å²) in [7, 11) is 1.85. The molecule has 22 heavy (non-hydrogen) atoms. The number of benzene rings is 1. The van der Waals surface area contributed by atoms with Crippen LogP contribution in [0.2, 0.25) is 0 Å². The van der Waals surface area contributed by atoms with E-state index in [4.69, 9.17) is 14.0 Å². The molecule has 1 N–H and O–H groups in total. The quantitative estimate of drug-likeness (QED) is 0.907. The molecule has 0 saturated heterocycles. The van der Waals surface area contributed by atoms with Crippen LogP contribution >= 0.6 is 0 Å². The lowest BCUT2D eigenvalue weighted by molar-refractivity contribution is -0.117. The Hall–Kier alpha value is -2.54. The Morgan fingerprint density at radius 1 is 1.32 bits per heavy atom. The predicted molar refractivity (Wildman–Crippen MR) is 78.8 cm³/mol. The minimum absolute atomic E-state index is 0.110. The van der Waals surface area contributed by atoms with Crippen LogP contribution in [0.1, 0.15) is 11.5 Å². The number of hydrogen-bond acceptors (Lipinski definition) is 6. The molecular formula is C15H17N3O4. The molecule has 0 fully saturated rings. The number of anilines is 1. The highest BCUT2D eigenvalue weighted by molar-refractivity contribution is 5.92. The molecule has 0 spiro atoms. The summed E-state index contributed by atoms with van der Waals surface area (Å²) in [6.45, 7) is 2.85. The molecular weight excluding hydrogens is 286 g/mol. The van der Waals surface area contributed by atoms with Gasteiger partial charge in [0.2, 0.25) is 12.7 Å². The van der Waals surface area contributed by atoms with Crippen molar-refractivity contribution in [1.82, 2.24) is 10.1 Å². The molecule has 1 aromatic heterocycles. The summed E-state index contributed by atoms with van der Waals surface area (Å²) in [5, 5.41) is 6.74. The largest absolute Gasteiger partial charge is 0.454 e. The van der Waals surface area contributed by atoms with Crippen LogP contribution in [0.25, 0.3) is 0 Å². The van der Waals surface area contributed by atoms with E-state index in [0.717, 1.165) is 11.5 Å². The van der Waals surface area contributed by atoms with Gasteiger partial charge in [-0.2, -0.15) is 0 Å². The third kappa shape index (κ3) is 3.37. The van der Waals surface area contributed by atoms with Gasteiger partial charge in [0.25, 0.3) is 0 Å². The monoisotopic (exact) mass is 303 g/mol. The molecule has 7 heteroatoms. The third-order valence-corrected chi connectivity index (χ3v) is 3.18. The number of nitrogens with zero attached hydrogens (tertiary/aromatic N) is 2. The van der Waals surface area contributed by atoms with Crippen molar-refractivity contribution in [3.8, 4) is 11.5 Å². The van der Waals surface area contributed by atoms with E-state index in [1.54, 1.807) is 18.2 Å². The Morgan fingerprint density at radius 3 is 2.91 bits per heavy atom. The highest BCUT2D eigenvalue weighted by Gasteiger charge is 2.15. The van der Waals surface area contributed by atoms with Gasteiger partial charge >= 0.3 is 0 Å². The van der Waals surface area contributed by atoms with Crippen molar-refractivity contribution in [3.05, 3.63) is 35.7 Å². The Balaban J connectivity index is 1.53. The van der Waals surface area contributed by atoms with Gasteiger partial charge in [-0.05, 0) is 26.1 Å². The summed E-state index contributed by atoms with van der Waals surface area (Å²) in [4.78, 5) is 13.9. The second-order valence-electron chi connectivity index (χ2n) is 5.22. The molecule has 116 valence electrons. The molecule has 7 nitrogen and oxygen atoms in total. The molecule has 1 aliphatic heterocycles. The first kappa shape index (κ1) is 14.4. The highest BCUT2D eigenvalue weighted by Crippen LogP contribution is 2.34. The topological polar surface area (TPSA) is 76.8 Å². The fraction of sp³-hybridized carbons (Fsp3) is 0.333. The van der Waals surface area contributed by atoms with Crippen LogP contribution in [-0.2, 0) is 11.3 Å². The van der Waals surface area contributed by atoms with Gasteiger partial charge in [0.05, 0.1) is 12.2 Å². The lowest BCUT2D eigenvalue weighted by Gasteiger charge is -2.14. The normalized spacial score (nSPS) is 12.7. The summed E-state index contributed by atoms with van der Waals surface area (Å²) in [5.74, 6) is 1.98. The standard InChI is InChI=1S/C15H17N3O4/c1-10-5-12(17-22-10)7-18(2)8-15(19)16-11-3-4-13-14(6-11)21-9-20-13/h3-6H,7-9H2,1-2H3,(H,16,19). The molecule has 0 bridgehead atoms. The van der Waals surface area contributed by atoms with Crippen molar-refractivity contribution in [3.63, 3.8) is 0 Å². The van der Waals surface area contributed by atoms with Crippen LogP contribution in [-0.4, -0.2) is 36.3 Å². The zero-order valence-electron chi connectivity index (χ0n) is 12.5. The van der Waals surface area contributed by atoms with Crippen LogP contribution in [0, 0.1) is 6.92 Å². The average molecular weight is 303 g/mol. The SMILES string of the molecule is Cc1cc(CN(C)CC(=O)Nc2ccc3c(c2)OCO3)no1. The minimum atomic E-state index is -0.110. The Kier molecular flexibility index (Phi) is 3.97. The maximum absolute atomic E-state index is 12.0. The Morgan fingerprint density at radius 2 is 2.14 bits per heavy atom. The lowest BCUT2D eigenvalue weighted by Crippen LogP contribution is -2.29. The molecule has 0 saturated carbocycles. The molecule has 1 aromatic carbocycles. The first-order chi connectivity index (χ1) is 10.6. The second kappa shape index (κ2) is 6.07. The molecule has 1 amide bonds. The number of rotatable bonds is 5. The summed E-state index contributed by atoms with van der Waals surface area (Å²) < 4.78 is 15.5. The van der Waals surface area contributed by atoms with E-state index >= 15 is 0 Å². The van der Waals surface area contributed by atoms with Crippen LogP contribution < -0.4 is 14.8 Å². The number of nitrogens with one attached hydrogen (secondary N) is 1. The van der Waals surface area contributed by atoms with Crippen molar-refractivity contribution >= 4 is 11.6 Å². The molecule has 0 aliphatic carbocycles. The number of carbonyl (C=O) groups is 1. The first-order valence-corrected chi connectivity index (χ1v) is 6.90. The Bertz CT molecular complexity index is 683. The number of likely N-dealkylation sites (N-methyl/N-ethyl adjacent to an activating group) is 1.